The van der Waals surface area contributed by atoms with E-state index in [0.717, 1.165) is 22.9 Å². The van der Waals surface area contributed by atoms with Gasteiger partial charge in [-0.25, -0.2) is 4.39 Å². The van der Waals surface area contributed by atoms with Crippen molar-refractivity contribution in [3.05, 3.63) is 63.4 Å². The summed E-state index contributed by atoms with van der Waals surface area (Å²) in [6.45, 7) is 3.95. The Morgan fingerprint density at radius 1 is 1.00 bits per heavy atom. The molecule has 0 aromatic heterocycles. The maximum absolute atomic E-state index is 13.2. The van der Waals surface area contributed by atoms with Gasteiger partial charge in [-0.1, -0.05) is 17.7 Å². The van der Waals surface area contributed by atoms with Crippen LogP contribution in [-0.2, 0) is 9.59 Å². The fourth-order valence-electron chi connectivity index (χ4n) is 2.49. The molecule has 0 aliphatic heterocycles. The topological polar surface area (TPSA) is 99.3 Å². The first kappa shape index (κ1) is 22.4. The van der Waals surface area contributed by atoms with E-state index >= 15 is 0 Å². The Labute approximate surface area is 176 Å². The van der Waals surface area contributed by atoms with Gasteiger partial charge in [-0.15, -0.1) is 0 Å². The molecule has 0 bridgehead atoms. The van der Waals surface area contributed by atoms with E-state index < -0.39 is 23.5 Å². The van der Waals surface area contributed by atoms with Crippen molar-refractivity contribution in [2.45, 2.75) is 20.3 Å². The van der Waals surface area contributed by atoms with E-state index in [-0.39, 0.29) is 25.1 Å². The summed E-state index contributed by atoms with van der Waals surface area (Å²) >= 11 is 3.17. The van der Waals surface area contributed by atoms with Gasteiger partial charge in [0, 0.05) is 23.1 Å². The second-order valence-corrected chi connectivity index (χ2v) is 7.25. The number of hydrogen-bond acceptors (Lipinski definition) is 4. The Morgan fingerprint density at radius 2 is 1.72 bits per heavy atom. The lowest BCUT2D eigenvalue weighted by Crippen LogP contribution is -2.45. The van der Waals surface area contributed by atoms with Crippen molar-refractivity contribution in [1.29, 1.82) is 0 Å². The molecule has 2 aromatic rings. The van der Waals surface area contributed by atoms with Gasteiger partial charge < -0.3 is 10.6 Å². The van der Waals surface area contributed by atoms with Gasteiger partial charge in [0.2, 0.25) is 5.91 Å². The minimum absolute atomic E-state index is 0.00544. The van der Waals surface area contributed by atoms with Crippen LogP contribution in [0.15, 0.2) is 40.9 Å². The number of carbonyl (C=O) groups excluding carboxylic acids is 3. The first-order valence-electron chi connectivity index (χ1n) is 8.88. The average molecular weight is 465 g/mol. The number of carbonyl (C=O) groups is 3. The molecule has 154 valence electrons. The number of halogens is 2. The molecule has 0 fully saturated rings. The Balaban J connectivity index is 1.68. The van der Waals surface area contributed by atoms with E-state index in [9.17, 15) is 18.8 Å². The highest BCUT2D eigenvalue weighted by Crippen LogP contribution is 2.17. The van der Waals surface area contributed by atoms with Gasteiger partial charge in [-0.3, -0.25) is 25.2 Å². The second-order valence-electron chi connectivity index (χ2n) is 6.40. The Morgan fingerprint density at radius 3 is 2.45 bits per heavy atom. The van der Waals surface area contributed by atoms with Crippen molar-refractivity contribution in [3.63, 3.8) is 0 Å². The summed E-state index contributed by atoms with van der Waals surface area (Å²) in [5, 5.41) is 5.52. The Kier molecular flexibility index (Phi) is 8.14. The predicted octanol–water partition coefficient (Wildman–Crippen LogP) is 2.58. The lowest BCUT2D eigenvalue weighted by atomic mass is 10.1. The molecular weight excluding hydrogens is 443 g/mol. The fourth-order valence-corrected chi connectivity index (χ4v) is 2.92. The van der Waals surface area contributed by atoms with E-state index in [4.69, 9.17) is 0 Å². The second kappa shape index (κ2) is 10.6. The van der Waals surface area contributed by atoms with E-state index in [1.807, 2.05) is 32.0 Å². The predicted molar refractivity (Wildman–Crippen MR) is 112 cm³/mol. The zero-order chi connectivity index (χ0) is 21.4. The Hall–Kier alpha value is -2.94. The van der Waals surface area contributed by atoms with Gasteiger partial charge in [0.15, 0.2) is 0 Å². The number of aryl methyl sites for hydroxylation is 2. The zero-order valence-corrected chi connectivity index (χ0v) is 17.7. The summed E-state index contributed by atoms with van der Waals surface area (Å²) in [6, 6.07) is 9.58. The third-order valence-corrected chi connectivity index (χ3v) is 4.66. The zero-order valence-electron chi connectivity index (χ0n) is 16.1. The molecule has 0 unspecified atom stereocenters. The first-order chi connectivity index (χ1) is 13.8. The summed E-state index contributed by atoms with van der Waals surface area (Å²) in [6.07, 6.45) is -0.0521. The summed E-state index contributed by atoms with van der Waals surface area (Å²) in [4.78, 5) is 35.6. The molecule has 2 rings (SSSR count). The van der Waals surface area contributed by atoms with Gasteiger partial charge in [0.05, 0.1) is 12.1 Å². The summed E-state index contributed by atoms with van der Waals surface area (Å²) in [5.74, 6) is -1.92. The normalized spacial score (nSPS) is 10.2. The lowest BCUT2D eigenvalue weighted by molar-refractivity contribution is -0.127. The molecule has 0 spiro atoms. The van der Waals surface area contributed by atoms with Gasteiger partial charge in [0.1, 0.15) is 5.82 Å². The number of amides is 3. The number of anilines is 1. The monoisotopic (exact) mass is 464 g/mol. The van der Waals surface area contributed by atoms with Crippen molar-refractivity contribution in [3.8, 4) is 0 Å². The van der Waals surface area contributed by atoms with Crippen molar-refractivity contribution in [1.82, 2.24) is 16.2 Å². The van der Waals surface area contributed by atoms with Crippen LogP contribution in [0.25, 0.3) is 0 Å². The van der Waals surface area contributed by atoms with Crippen molar-refractivity contribution in [2.75, 3.05) is 18.4 Å². The van der Waals surface area contributed by atoms with Crippen LogP contribution in [0.1, 0.15) is 27.9 Å². The average Bonchev–Trinajstić information content (AvgIpc) is 2.67. The number of nitrogens with one attached hydrogen (secondary N) is 4. The van der Waals surface area contributed by atoms with E-state index in [2.05, 4.69) is 37.4 Å². The molecule has 0 radical (unpaired) electrons. The number of hydrazine groups is 1. The maximum Gasteiger partial charge on any atom is 0.257 e. The van der Waals surface area contributed by atoms with Gasteiger partial charge >= 0.3 is 0 Å². The molecular formula is C20H22BrFN4O3. The molecule has 7 nitrogen and oxygen atoms in total. The van der Waals surface area contributed by atoms with Crippen LogP contribution in [0.2, 0.25) is 0 Å². The first-order valence-corrected chi connectivity index (χ1v) is 9.67. The van der Waals surface area contributed by atoms with E-state index in [1.165, 1.54) is 12.1 Å². The minimum Gasteiger partial charge on any atom is -0.376 e. The van der Waals surface area contributed by atoms with Crippen LogP contribution in [0.3, 0.4) is 0 Å². The molecule has 29 heavy (non-hydrogen) atoms. The van der Waals surface area contributed by atoms with Crippen LogP contribution in [-0.4, -0.2) is 30.8 Å². The summed E-state index contributed by atoms with van der Waals surface area (Å²) < 4.78 is 13.7. The largest absolute Gasteiger partial charge is 0.376 e. The third-order valence-electron chi connectivity index (χ3n) is 3.97. The molecule has 0 saturated heterocycles. The highest BCUT2D eigenvalue weighted by atomic mass is 79.9. The lowest BCUT2D eigenvalue weighted by Gasteiger charge is -2.11. The van der Waals surface area contributed by atoms with Crippen LogP contribution in [0.5, 0.6) is 0 Å². The van der Waals surface area contributed by atoms with Crippen molar-refractivity contribution in [2.24, 2.45) is 0 Å². The van der Waals surface area contributed by atoms with Gasteiger partial charge in [-0.2, -0.15) is 0 Å². The van der Waals surface area contributed by atoms with Crippen LogP contribution >= 0.6 is 15.9 Å². The van der Waals surface area contributed by atoms with Crippen LogP contribution in [0.4, 0.5) is 10.1 Å². The number of benzene rings is 2. The van der Waals surface area contributed by atoms with Crippen molar-refractivity contribution < 1.29 is 18.8 Å². The molecule has 0 saturated carbocycles. The summed E-state index contributed by atoms with van der Waals surface area (Å²) in [5.41, 5.74) is 7.69. The van der Waals surface area contributed by atoms with Crippen LogP contribution < -0.4 is 21.5 Å². The van der Waals surface area contributed by atoms with Crippen LogP contribution in [0, 0.1) is 19.7 Å². The molecule has 9 heteroatoms. The third kappa shape index (κ3) is 7.19. The van der Waals surface area contributed by atoms with Crippen molar-refractivity contribution >= 4 is 39.3 Å². The Bertz CT molecular complexity index is 921. The fraction of sp³-hybridized carbons (Fsp3) is 0.250. The number of hydrogen-bond donors (Lipinski definition) is 4. The smallest absolute Gasteiger partial charge is 0.257 e. The molecule has 3 amide bonds. The van der Waals surface area contributed by atoms with E-state index in [1.54, 1.807) is 0 Å². The molecule has 2 aromatic carbocycles. The highest BCUT2D eigenvalue weighted by Gasteiger charge is 2.12. The summed E-state index contributed by atoms with van der Waals surface area (Å²) in [7, 11) is 0. The number of rotatable bonds is 7. The maximum atomic E-state index is 13.2. The minimum atomic E-state index is -0.534. The standard InChI is InChI=1S/C20H22BrFN4O3/c1-12-3-6-17(13(2)9-12)24-11-19(28)26-25-18(27)7-8-23-20(29)15-10-14(22)4-5-16(15)21/h3-6,9-10,24H,7-8,11H2,1-2H3,(H,23,29)(H,25,27)(H,26,28). The molecule has 4 N–H and O–H groups in total. The molecule has 0 aliphatic rings. The van der Waals surface area contributed by atoms with Gasteiger partial charge in [0.25, 0.3) is 11.8 Å². The molecule has 0 atom stereocenters. The van der Waals surface area contributed by atoms with Gasteiger partial charge in [-0.05, 0) is 59.6 Å². The molecule has 0 aliphatic carbocycles. The molecule has 0 heterocycles. The quantitative estimate of drug-likeness (QED) is 0.473. The SMILES string of the molecule is Cc1ccc(NCC(=O)NNC(=O)CCNC(=O)c2cc(F)ccc2Br)c(C)c1. The highest BCUT2D eigenvalue weighted by molar-refractivity contribution is 9.10. The van der Waals surface area contributed by atoms with E-state index in [0.29, 0.717) is 4.47 Å².